The first kappa shape index (κ1) is 13.9. The van der Waals surface area contributed by atoms with Crippen LogP contribution in [0.3, 0.4) is 0 Å². The van der Waals surface area contributed by atoms with Gasteiger partial charge < -0.3 is 5.73 Å². The van der Waals surface area contributed by atoms with Crippen molar-refractivity contribution in [1.82, 2.24) is 10.2 Å². The van der Waals surface area contributed by atoms with Gasteiger partial charge in [0.1, 0.15) is 0 Å². The lowest BCUT2D eigenvalue weighted by Crippen LogP contribution is -1.90. The third kappa shape index (κ3) is 2.59. The highest BCUT2D eigenvalue weighted by molar-refractivity contribution is 9.10. The predicted molar refractivity (Wildman–Crippen MR) is 91.0 cm³/mol. The van der Waals surface area contributed by atoms with E-state index in [4.69, 9.17) is 5.73 Å². The third-order valence-corrected chi connectivity index (χ3v) is 4.15. The molecule has 0 bridgehead atoms. The fourth-order valence-corrected chi connectivity index (χ4v) is 3.16. The summed E-state index contributed by atoms with van der Waals surface area (Å²) in [7, 11) is 0. The molecule has 21 heavy (non-hydrogen) atoms. The molecule has 2 aromatic carbocycles. The number of nitrogens with zero attached hydrogens (tertiary/aromatic N) is 1. The second-order valence-corrected chi connectivity index (χ2v) is 6.07. The van der Waals surface area contributed by atoms with Crippen LogP contribution in [0, 0.1) is 13.8 Å². The Labute approximate surface area is 132 Å². The number of nitrogens with one attached hydrogen (secondary N) is 1. The Morgan fingerprint density at radius 3 is 2.52 bits per heavy atom. The zero-order valence-electron chi connectivity index (χ0n) is 11.9. The predicted octanol–water partition coefficient (Wildman–Crippen LogP) is 4.71. The van der Waals surface area contributed by atoms with Crippen molar-refractivity contribution in [3.05, 3.63) is 58.1 Å². The molecule has 0 aliphatic heterocycles. The summed E-state index contributed by atoms with van der Waals surface area (Å²) in [6.07, 6.45) is 0. The van der Waals surface area contributed by atoms with E-state index in [1.165, 1.54) is 11.1 Å². The van der Waals surface area contributed by atoms with E-state index in [-0.39, 0.29) is 0 Å². The molecule has 0 unspecified atom stereocenters. The quantitative estimate of drug-likeness (QED) is 0.709. The van der Waals surface area contributed by atoms with Crippen molar-refractivity contribution >= 4 is 21.7 Å². The molecular formula is C17H16BrN3. The standard InChI is InChI=1S/C17H16BrN3/c1-10-4-3-5-12(8-10)15-16(20-21-17(15)19)13-7-6-11(2)9-14(13)18/h3-9H,1-2H3,(H3,19,20,21). The lowest BCUT2D eigenvalue weighted by Gasteiger charge is -2.08. The van der Waals surface area contributed by atoms with E-state index in [0.717, 1.165) is 26.9 Å². The number of aryl methyl sites for hydroxylation is 2. The molecule has 1 aromatic heterocycles. The molecule has 0 saturated heterocycles. The number of aromatic nitrogens is 2. The van der Waals surface area contributed by atoms with Crippen LogP contribution in [0.25, 0.3) is 22.4 Å². The third-order valence-electron chi connectivity index (χ3n) is 3.49. The first-order valence-electron chi connectivity index (χ1n) is 6.73. The van der Waals surface area contributed by atoms with Crippen LogP contribution in [0.4, 0.5) is 5.82 Å². The average Bonchev–Trinajstić information content (AvgIpc) is 2.80. The number of rotatable bonds is 2. The molecule has 0 atom stereocenters. The van der Waals surface area contributed by atoms with Gasteiger partial charge in [-0.25, -0.2) is 0 Å². The smallest absolute Gasteiger partial charge is 0.153 e. The Balaban J connectivity index is 2.22. The van der Waals surface area contributed by atoms with Crippen LogP contribution in [0.1, 0.15) is 11.1 Å². The number of H-pyrrole nitrogens is 1. The number of nitrogen functional groups attached to an aromatic ring is 1. The second kappa shape index (κ2) is 5.37. The van der Waals surface area contributed by atoms with Gasteiger partial charge in [0.15, 0.2) is 5.82 Å². The maximum atomic E-state index is 6.08. The molecule has 0 radical (unpaired) electrons. The molecule has 3 nitrogen and oxygen atoms in total. The molecule has 0 fully saturated rings. The molecular weight excluding hydrogens is 326 g/mol. The monoisotopic (exact) mass is 341 g/mol. The molecule has 1 heterocycles. The van der Waals surface area contributed by atoms with Gasteiger partial charge in [-0.15, -0.1) is 0 Å². The zero-order chi connectivity index (χ0) is 15.0. The molecule has 0 amide bonds. The molecule has 3 N–H and O–H groups in total. The number of anilines is 1. The number of nitrogens with two attached hydrogens (primary N) is 1. The van der Waals surface area contributed by atoms with Crippen LogP contribution in [0.2, 0.25) is 0 Å². The Morgan fingerprint density at radius 1 is 1.05 bits per heavy atom. The van der Waals surface area contributed by atoms with Gasteiger partial charge >= 0.3 is 0 Å². The summed E-state index contributed by atoms with van der Waals surface area (Å²) >= 11 is 3.63. The van der Waals surface area contributed by atoms with Gasteiger partial charge in [0.2, 0.25) is 0 Å². The zero-order valence-corrected chi connectivity index (χ0v) is 13.5. The molecule has 106 valence electrons. The van der Waals surface area contributed by atoms with E-state index < -0.39 is 0 Å². The summed E-state index contributed by atoms with van der Waals surface area (Å²) < 4.78 is 1.03. The molecule has 3 rings (SSSR count). The Hall–Kier alpha value is -2.07. The van der Waals surface area contributed by atoms with E-state index in [1.54, 1.807) is 0 Å². The lowest BCUT2D eigenvalue weighted by atomic mass is 9.99. The number of halogens is 1. The number of hydrogen-bond acceptors (Lipinski definition) is 2. The van der Waals surface area contributed by atoms with E-state index in [2.05, 4.69) is 76.4 Å². The fourth-order valence-electron chi connectivity index (χ4n) is 2.47. The van der Waals surface area contributed by atoms with Crippen LogP contribution in [0.15, 0.2) is 46.9 Å². The molecule has 0 aliphatic carbocycles. The van der Waals surface area contributed by atoms with E-state index in [9.17, 15) is 0 Å². The van der Waals surface area contributed by atoms with Crippen LogP contribution in [-0.2, 0) is 0 Å². The fraction of sp³-hybridized carbons (Fsp3) is 0.118. The van der Waals surface area contributed by atoms with Gasteiger partial charge in [0, 0.05) is 10.0 Å². The van der Waals surface area contributed by atoms with Crippen LogP contribution in [-0.4, -0.2) is 10.2 Å². The van der Waals surface area contributed by atoms with Crippen LogP contribution < -0.4 is 5.73 Å². The van der Waals surface area contributed by atoms with E-state index >= 15 is 0 Å². The van der Waals surface area contributed by atoms with Crippen molar-refractivity contribution in [1.29, 1.82) is 0 Å². The SMILES string of the molecule is Cc1cccc(-c2c(N)n[nH]c2-c2ccc(C)cc2Br)c1. The van der Waals surface area contributed by atoms with Crippen molar-refractivity contribution in [2.24, 2.45) is 0 Å². The highest BCUT2D eigenvalue weighted by Crippen LogP contribution is 2.38. The number of benzene rings is 2. The van der Waals surface area contributed by atoms with E-state index in [0.29, 0.717) is 5.82 Å². The molecule has 0 spiro atoms. The summed E-state index contributed by atoms with van der Waals surface area (Å²) in [5.41, 5.74) is 12.5. The van der Waals surface area contributed by atoms with Crippen molar-refractivity contribution in [2.45, 2.75) is 13.8 Å². The van der Waals surface area contributed by atoms with Crippen LogP contribution in [0.5, 0.6) is 0 Å². The van der Waals surface area contributed by atoms with Crippen LogP contribution >= 0.6 is 15.9 Å². The number of aromatic amines is 1. The van der Waals surface area contributed by atoms with E-state index in [1.807, 2.05) is 6.07 Å². The van der Waals surface area contributed by atoms with Gasteiger partial charge in [0.05, 0.1) is 11.3 Å². The first-order valence-corrected chi connectivity index (χ1v) is 7.53. The van der Waals surface area contributed by atoms with Crippen molar-refractivity contribution in [2.75, 3.05) is 5.73 Å². The Morgan fingerprint density at radius 2 is 1.81 bits per heavy atom. The highest BCUT2D eigenvalue weighted by atomic mass is 79.9. The largest absolute Gasteiger partial charge is 0.382 e. The Bertz CT molecular complexity index is 806. The van der Waals surface area contributed by atoms with Gasteiger partial charge in [-0.3, -0.25) is 5.10 Å². The molecule has 4 heteroatoms. The maximum Gasteiger partial charge on any atom is 0.153 e. The summed E-state index contributed by atoms with van der Waals surface area (Å²) in [5.74, 6) is 0.517. The van der Waals surface area contributed by atoms with Gasteiger partial charge in [0.25, 0.3) is 0 Å². The summed E-state index contributed by atoms with van der Waals surface area (Å²) in [5, 5.41) is 7.26. The minimum Gasteiger partial charge on any atom is -0.382 e. The minimum absolute atomic E-state index is 0.517. The summed E-state index contributed by atoms with van der Waals surface area (Å²) in [6.45, 7) is 4.14. The summed E-state index contributed by atoms with van der Waals surface area (Å²) in [4.78, 5) is 0. The maximum absolute atomic E-state index is 6.08. The van der Waals surface area contributed by atoms with Crippen molar-refractivity contribution in [3.8, 4) is 22.4 Å². The topological polar surface area (TPSA) is 54.7 Å². The van der Waals surface area contributed by atoms with Crippen molar-refractivity contribution < 1.29 is 0 Å². The first-order chi connectivity index (χ1) is 10.1. The van der Waals surface area contributed by atoms with Crippen molar-refractivity contribution in [3.63, 3.8) is 0 Å². The molecule has 3 aromatic rings. The number of hydrogen-bond donors (Lipinski definition) is 2. The Kier molecular flexibility index (Phi) is 3.55. The second-order valence-electron chi connectivity index (χ2n) is 5.21. The average molecular weight is 342 g/mol. The van der Waals surface area contributed by atoms with Gasteiger partial charge in [-0.05, 0) is 31.0 Å². The van der Waals surface area contributed by atoms with Gasteiger partial charge in [-0.2, -0.15) is 5.10 Å². The normalized spacial score (nSPS) is 10.8. The lowest BCUT2D eigenvalue weighted by molar-refractivity contribution is 1.10. The highest BCUT2D eigenvalue weighted by Gasteiger charge is 2.16. The molecule has 0 saturated carbocycles. The summed E-state index contributed by atoms with van der Waals surface area (Å²) in [6, 6.07) is 14.5. The van der Waals surface area contributed by atoms with Gasteiger partial charge in [-0.1, -0.05) is 57.9 Å². The minimum atomic E-state index is 0.517. The molecule has 0 aliphatic rings.